The number of aryl methyl sites for hydroxylation is 1. The van der Waals surface area contributed by atoms with Gasteiger partial charge >= 0.3 is 0 Å². The monoisotopic (exact) mass is 320 g/mol. The van der Waals surface area contributed by atoms with E-state index in [-0.39, 0.29) is 23.3 Å². The van der Waals surface area contributed by atoms with E-state index in [1.165, 1.54) is 11.8 Å². The number of hydrogen-bond donors (Lipinski definition) is 2. The summed E-state index contributed by atoms with van der Waals surface area (Å²) in [6.07, 6.45) is 3.35. The molecule has 0 radical (unpaired) electrons. The van der Waals surface area contributed by atoms with Crippen molar-refractivity contribution >= 4 is 29.4 Å². The smallest absolute Gasteiger partial charge is 0.235 e. The lowest BCUT2D eigenvalue weighted by atomic mass is 10.3. The van der Waals surface area contributed by atoms with Crippen LogP contribution in [0, 0.1) is 6.92 Å². The van der Waals surface area contributed by atoms with E-state index in [4.69, 9.17) is 4.52 Å². The van der Waals surface area contributed by atoms with Crippen LogP contribution >= 0.6 is 11.8 Å². The highest BCUT2D eigenvalue weighted by molar-refractivity contribution is 8.00. The van der Waals surface area contributed by atoms with E-state index in [1.807, 2.05) is 12.1 Å². The number of pyridine rings is 1. The van der Waals surface area contributed by atoms with Gasteiger partial charge in [0.05, 0.1) is 11.5 Å². The molecule has 8 heteroatoms. The van der Waals surface area contributed by atoms with Crippen molar-refractivity contribution in [1.29, 1.82) is 0 Å². The molecule has 0 atom stereocenters. The molecule has 0 saturated heterocycles. The van der Waals surface area contributed by atoms with E-state index < -0.39 is 0 Å². The van der Waals surface area contributed by atoms with Gasteiger partial charge in [0.2, 0.25) is 11.8 Å². The quantitative estimate of drug-likeness (QED) is 0.799. The third kappa shape index (κ3) is 5.57. The molecule has 2 N–H and O–H groups in total. The van der Waals surface area contributed by atoms with Gasteiger partial charge in [0.1, 0.15) is 5.76 Å². The fourth-order valence-corrected chi connectivity index (χ4v) is 2.24. The third-order valence-electron chi connectivity index (χ3n) is 2.60. The zero-order chi connectivity index (χ0) is 15.8. The third-order valence-corrected chi connectivity index (χ3v) is 3.53. The molecular formula is C14H16N4O3S. The summed E-state index contributed by atoms with van der Waals surface area (Å²) in [5.74, 6) is 1.06. The molecule has 0 aromatic carbocycles. The molecule has 7 nitrogen and oxygen atoms in total. The first-order valence-corrected chi connectivity index (χ1v) is 7.75. The summed E-state index contributed by atoms with van der Waals surface area (Å²) in [5.41, 5.74) is 0.979. The summed E-state index contributed by atoms with van der Waals surface area (Å²) < 4.78 is 4.84. The van der Waals surface area contributed by atoms with E-state index in [9.17, 15) is 9.59 Å². The van der Waals surface area contributed by atoms with E-state index in [1.54, 1.807) is 25.4 Å². The maximum atomic E-state index is 11.7. The molecule has 0 bridgehead atoms. The molecule has 0 saturated carbocycles. The van der Waals surface area contributed by atoms with Gasteiger partial charge in [-0.2, -0.15) is 0 Å². The molecule has 0 aliphatic carbocycles. The Hall–Kier alpha value is -2.35. The Balaban J connectivity index is 1.61. The number of hydrogen-bond acceptors (Lipinski definition) is 6. The standard InChI is InChI=1S/C14H16N4O3S/c1-10-6-12(18-21-10)17-14(20)9-22-8-13(19)16-7-11-2-4-15-5-3-11/h2-6H,7-9H2,1H3,(H,16,19)(H,17,18,20). The topological polar surface area (TPSA) is 97.1 Å². The highest BCUT2D eigenvalue weighted by atomic mass is 32.2. The number of rotatable bonds is 7. The number of nitrogens with one attached hydrogen (secondary N) is 2. The molecule has 0 aliphatic rings. The molecular weight excluding hydrogens is 304 g/mol. The van der Waals surface area contributed by atoms with Crippen LogP contribution in [0.4, 0.5) is 5.82 Å². The lowest BCUT2D eigenvalue weighted by Gasteiger charge is -2.05. The molecule has 2 aromatic rings. The molecule has 2 aromatic heterocycles. The maximum absolute atomic E-state index is 11.7. The minimum absolute atomic E-state index is 0.119. The van der Waals surface area contributed by atoms with Crippen LogP contribution in [0.2, 0.25) is 0 Å². The molecule has 116 valence electrons. The van der Waals surface area contributed by atoms with E-state index in [0.29, 0.717) is 18.1 Å². The Morgan fingerprint density at radius 1 is 1.23 bits per heavy atom. The predicted octanol–water partition coefficient (Wildman–Crippen LogP) is 1.37. The van der Waals surface area contributed by atoms with Crippen LogP contribution in [0.25, 0.3) is 0 Å². The van der Waals surface area contributed by atoms with Gasteiger partial charge in [-0.1, -0.05) is 5.16 Å². The molecule has 2 rings (SSSR count). The van der Waals surface area contributed by atoms with Crippen molar-refractivity contribution in [2.24, 2.45) is 0 Å². The Kier molecular flexibility index (Phi) is 5.96. The number of amides is 2. The second kappa shape index (κ2) is 8.18. The minimum atomic E-state index is -0.222. The zero-order valence-electron chi connectivity index (χ0n) is 12.0. The number of aromatic nitrogens is 2. The van der Waals surface area contributed by atoms with Crippen molar-refractivity contribution in [3.05, 3.63) is 41.9 Å². The number of carbonyl (C=O) groups is 2. The fourth-order valence-electron chi connectivity index (χ4n) is 1.59. The van der Waals surface area contributed by atoms with Crippen LogP contribution in [-0.4, -0.2) is 33.5 Å². The van der Waals surface area contributed by atoms with Crippen molar-refractivity contribution in [2.75, 3.05) is 16.8 Å². The van der Waals surface area contributed by atoms with E-state index in [0.717, 1.165) is 5.56 Å². The van der Waals surface area contributed by atoms with Crippen LogP contribution in [0.5, 0.6) is 0 Å². The molecule has 2 amide bonds. The summed E-state index contributed by atoms with van der Waals surface area (Å²) in [4.78, 5) is 27.2. The summed E-state index contributed by atoms with van der Waals surface area (Å²) in [7, 11) is 0. The van der Waals surface area contributed by atoms with E-state index in [2.05, 4.69) is 20.8 Å². The fraction of sp³-hybridized carbons (Fsp3) is 0.286. The van der Waals surface area contributed by atoms with Gasteiger partial charge in [0.15, 0.2) is 5.82 Å². The summed E-state index contributed by atoms with van der Waals surface area (Å²) in [6, 6.07) is 5.30. The molecule has 0 aliphatic heterocycles. The first kappa shape index (κ1) is 16.0. The Bertz CT molecular complexity index is 630. The zero-order valence-corrected chi connectivity index (χ0v) is 12.9. The number of anilines is 1. The van der Waals surface area contributed by atoms with Gasteiger partial charge in [0.25, 0.3) is 0 Å². The number of thioether (sulfide) groups is 1. The Morgan fingerprint density at radius 3 is 2.64 bits per heavy atom. The minimum Gasteiger partial charge on any atom is -0.360 e. The average Bonchev–Trinajstić information content (AvgIpc) is 2.91. The largest absolute Gasteiger partial charge is 0.360 e. The van der Waals surface area contributed by atoms with Crippen LogP contribution in [-0.2, 0) is 16.1 Å². The highest BCUT2D eigenvalue weighted by Gasteiger charge is 2.08. The molecule has 0 fully saturated rings. The van der Waals surface area contributed by atoms with E-state index >= 15 is 0 Å². The summed E-state index contributed by atoms with van der Waals surface area (Å²) in [5, 5.41) is 9.03. The van der Waals surface area contributed by atoms with Gasteiger partial charge in [-0.05, 0) is 24.6 Å². The lowest BCUT2D eigenvalue weighted by molar-refractivity contribution is -0.118. The van der Waals surface area contributed by atoms with Crippen LogP contribution < -0.4 is 10.6 Å². The van der Waals surface area contributed by atoms with Crippen LogP contribution in [0.15, 0.2) is 35.1 Å². The summed E-state index contributed by atoms with van der Waals surface area (Å²) in [6.45, 7) is 2.19. The van der Waals surface area contributed by atoms with Gasteiger partial charge in [0, 0.05) is 25.0 Å². The van der Waals surface area contributed by atoms with Gasteiger partial charge < -0.3 is 15.2 Å². The van der Waals surface area contributed by atoms with Crippen LogP contribution in [0.1, 0.15) is 11.3 Å². The van der Waals surface area contributed by atoms with Crippen molar-refractivity contribution in [2.45, 2.75) is 13.5 Å². The highest BCUT2D eigenvalue weighted by Crippen LogP contribution is 2.08. The second-order valence-corrected chi connectivity index (χ2v) is 5.48. The molecule has 0 spiro atoms. The number of carbonyl (C=O) groups excluding carboxylic acids is 2. The first-order chi connectivity index (χ1) is 10.6. The van der Waals surface area contributed by atoms with Gasteiger partial charge in [-0.15, -0.1) is 11.8 Å². The maximum Gasteiger partial charge on any atom is 0.235 e. The van der Waals surface area contributed by atoms with Gasteiger partial charge in [-0.3, -0.25) is 14.6 Å². The first-order valence-electron chi connectivity index (χ1n) is 6.60. The van der Waals surface area contributed by atoms with Crippen molar-refractivity contribution in [1.82, 2.24) is 15.5 Å². The normalized spacial score (nSPS) is 10.2. The van der Waals surface area contributed by atoms with Crippen LogP contribution in [0.3, 0.4) is 0 Å². The van der Waals surface area contributed by atoms with Crippen molar-refractivity contribution in [3.8, 4) is 0 Å². The molecule has 2 heterocycles. The predicted molar refractivity (Wildman–Crippen MR) is 83.3 cm³/mol. The molecule has 0 unspecified atom stereocenters. The Morgan fingerprint density at radius 2 is 1.95 bits per heavy atom. The SMILES string of the molecule is Cc1cc(NC(=O)CSCC(=O)NCc2ccncc2)no1. The lowest BCUT2D eigenvalue weighted by Crippen LogP contribution is -2.25. The van der Waals surface area contributed by atoms with Crippen molar-refractivity contribution < 1.29 is 14.1 Å². The Labute approximate surface area is 131 Å². The van der Waals surface area contributed by atoms with Crippen molar-refractivity contribution in [3.63, 3.8) is 0 Å². The number of nitrogens with zero attached hydrogens (tertiary/aromatic N) is 2. The average molecular weight is 320 g/mol. The van der Waals surface area contributed by atoms with Gasteiger partial charge in [-0.25, -0.2) is 0 Å². The summed E-state index contributed by atoms with van der Waals surface area (Å²) >= 11 is 1.24. The second-order valence-electron chi connectivity index (χ2n) is 4.50. The molecule has 22 heavy (non-hydrogen) atoms.